The molecule has 0 spiro atoms. The van der Waals surface area contributed by atoms with Gasteiger partial charge in [-0.3, -0.25) is 4.98 Å². The quantitative estimate of drug-likeness (QED) is 0.685. The molecule has 0 atom stereocenters. The van der Waals surface area contributed by atoms with Crippen LogP contribution < -0.4 is 0 Å². The molecule has 0 bridgehead atoms. The number of pyridine rings is 1. The highest BCUT2D eigenvalue weighted by molar-refractivity contribution is 6.31. The van der Waals surface area contributed by atoms with Crippen LogP contribution in [-0.4, -0.2) is 29.6 Å². The first-order valence-electron chi connectivity index (χ1n) is 5.12. The number of hydrogen-bond acceptors (Lipinski definition) is 1. The van der Waals surface area contributed by atoms with Gasteiger partial charge in [0.25, 0.3) is 0 Å². The summed E-state index contributed by atoms with van der Waals surface area (Å²) in [6.07, 6.45) is 6.32. The topological polar surface area (TPSA) is 12.9 Å². The van der Waals surface area contributed by atoms with Crippen molar-refractivity contribution in [1.82, 2.24) is 4.98 Å². The van der Waals surface area contributed by atoms with Crippen LogP contribution in [0.1, 0.15) is 18.4 Å². The third-order valence-electron chi connectivity index (χ3n) is 3.04. The highest BCUT2D eigenvalue weighted by atomic mass is 35.5. The fourth-order valence-electron chi connectivity index (χ4n) is 2.19. The van der Waals surface area contributed by atoms with Crippen LogP contribution in [0.2, 0.25) is 5.02 Å². The number of quaternary nitrogens is 1. The lowest BCUT2D eigenvalue weighted by Gasteiger charge is -2.29. The second kappa shape index (κ2) is 3.87. The first-order chi connectivity index (χ1) is 6.70. The van der Waals surface area contributed by atoms with Crippen LogP contribution in [0.15, 0.2) is 18.5 Å². The predicted octanol–water partition coefficient (Wildman–Crippen LogP) is 2.48. The van der Waals surface area contributed by atoms with Crippen molar-refractivity contribution in [2.75, 3.05) is 20.1 Å². The maximum atomic E-state index is 6.11. The maximum Gasteiger partial charge on any atom is 0.107 e. The lowest BCUT2D eigenvalue weighted by Crippen LogP contribution is -2.39. The Hall–Kier alpha value is -0.600. The first-order valence-corrected chi connectivity index (χ1v) is 5.49. The summed E-state index contributed by atoms with van der Waals surface area (Å²) in [7, 11) is 2.30. The first kappa shape index (κ1) is 9.94. The summed E-state index contributed by atoms with van der Waals surface area (Å²) in [6.45, 7) is 3.56. The fraction of sp³-hybridized carbons (Fsp3) is 0.545. The van der Waals surface area contributed by atoms with Crippen LogP contribution in [0.25, 0.3) is 0 Å². The summed E-state index contributed by atoms with van der Waals surface area (Å²) in [5.41, 5.74) is 1.18. The molecule has 1 aliphatic rings. The van der Waals surface area contributed by atoms with E-state index in [0.717, 1.165) is 16.1 Å². The Morgan fingerprint density at radius 1 is 1.43 bits per heavy atom. The van der Waals surface area contributed by atoms with E-state index in [1.807, 2.05) is 12.3 Å². The van der Waals surface area contributed by atoms with Crippen LogP contribution >= 0.6 is 11.6 Å². The van der Waals surface area contributed by atoms with Gasteiger partial charge in [-0.25, -0.2) is 0 Å². The van der Waals surface area contributed by atoms with Crippen molar-refractivity contribution >= 4 is 11.6 Å². The molecule has 0 saturated carbocycles. The Morgan fingerprint density at radius 2 is 2.14 bits per heavy atom. The second-order valence-electron chi connectivity index (χ2n) is 4.40. The molecule has 2 heterocycles. The molecule has 0 unspecified atom stereocenters. The molecule has 1 aliphatic heterocycles. The Balaban J connectivity index is 2.14. The molecule has 14 heavy (non-hydrogen) atoms. The van der Waals surface area contributed by atoms with Crippen molar-refractivity contribution in [2.24, 2.45) is 0 Å². The number of rotatable bonds is 2. The monoisotopic (exact) mass is 211 g/mol. The van der Waals surface area contributed by atoms with Crippen LogP contribution in [0, 0.1) is 0 Å². The summed E-state index contributed by atoms with van der Waals surface area (Å²) in [5, 5.41) is 0.853. The zero-order valence-electron chi connectivity index (χ0n) is 8.54. The minimum absolute atomic E-state index is 0.853. The molecule has 1 aromatic heterocycles. The zero-order valence-corrected chi connectivity index (χ0v) is 9.30. The summed E-state index contributed by atoms with van der Waals surface area (Å²) in [6, 6.07) is 1.87. The lowest BCUT2D eigenvalue weighted by atomic mass is 10.2. The standard InChI is InChI=1S/C11H16ClN2/c1-14(6-2-3-7-14)9-10-8-13-5-4-11(10)12/h4-5,8H,2-3,6-7,9H2,1H3/q+1. The Bertz CT molecular complexity index is 319. The smallest absolute Gasteiger partial charge is 0.107 e. The third-order valence-corrected chi connectivity index (χ3v) is 3.41. The molecule has 1 saturated heterocycles. The highest BCUT2D eigenvalue weighted by Gasteiger charge is 2.27. The minimum Gasteiger partial charge on any atom is -0.322 e. The highest BCUT2D eigenvalue weighted by Crippen LogP contribution is 2.23. The van der Waals surface area contributed by atoms with Gasteiger partial charge in [-0.2, -0.15) is 0 Å². The number of likely N-dealkylation sites (tertiary alicyclic amines) is 1. The van der Waals surface area contributed by atoms with E-state index in [-0.39, 0.29) is 0 Å². The number of halogens is 1. The van der Waals surface area contributed by atoms with Crippen molar-refractivity contribution in [3.63, 3.8) is 0 Å². The zero-order chi connectivity index (χ0) is 10.0. The van der Waals surface area contributed by atoms with Crippen molar-refractivity contribution in [3.8, 4) is 0 Å². The molecule has 0 aliphatic carbocycles. The van der Waals surface area contributed by atoms with Gasteiger partial charge >= 0.3 is 0 Å². The van der Waals surface area contributed by atoms with E-state index in [2.05, 4.69) is 12.0 Å². The largest absolute Gasteiger partial charge is 0.322 e. The molecule has 0 aromatic carbocycles. The summed E-state index contributed by atoms with van der Waals surface area (Å²) < 4.78 is 1.12. The van der Waals surface area contributed by atoms with E-state index < -0.39 is 0 Å². The van der Waals surface area contributed by atoms with Gasteiger partial charge in [0.15, 0.2) is 0 Å². The van der Waals surface area contributed by atoms with Crippen molar-refractivity contribution in [2.45, 2.75) is 19.4 Å². The molecule has 2 nitrogen and oxygen atoms in total. The van der Waals surface area contributed by atoms with Gasteiger partial charge in [0.05, 0.1) is 25.2 Å². The maximum absolute atomic E-state index is 6.11. The van der Waals surface area contributed by atoms with E-state index >= 15 is 0 Å². The van der Waals surface area contributed by atoms with Crippen LogP contribution in [0.5, 0.6) is 0 Å². The van der Waals surface area contributed by atoms with E-state index in [0.29, 0.717) is 0 Å². The Kier molecular flexibility index (Phi) is 2.75. The number of nitrogens with zero attached hydrogens (tertiary/aromatic N) is 2. The van der Waals surface area contributed by atoms with E-state index in [9.17, 15) is 0 Å². The van der Waals surface area contributed by atoms with Crippen molar-refractivity contribution in [1.29, 1.82) is 0 Å². The van der Waals surface area contributed by atoms with E-state index in [1.165, 1.54) is 31.5 Å². The fourth-order valence-corrected chi connectivity index (χ4v) is 2.36. The van der Waals surface area contributed by atoms with Crippen LogP contribution in [-0.2, 0) is 6.54 Å². The summed E-state index contributed by atoms with van der Waals surface area (Å²) >= 11 is 6.11. The van der Waals surface area contributed by atoms with Gasteiger partial charge in [0.1, 0.15) is 6.54 Å². The normalized spacial score (nSPS) is 19.9. The van der Waals surface area contributed by atoms with Gasteiger partial charge in [0.2, 0.25) is 0 Å². The number of aromatic nitrogens is 1. The number of hydrogen-bond donors (Lipinski definition) is 0. The Morgan fingerprint density at radius 3 is 2.79 bits per heavy atom. The predicted molar refractivity (Wildman–Crippen MR) is 58.1 cm³/mol. The van der Waals surface area contributed by atoms with Gasteiger partial charge in [-0.1, -0.05) is 11.6 Å². The third kappa shape index (κ3) is 2.07. The molecular formula is C11H16ClN2+. The van der Waals surface area contributed by atoms with Gasteiger partial charge in [-0.05, 0) is 6.07 Å². The minimum atomic E-state index is 0.853. The van der Waals surface area contributed by atoms with E-state index in [4.69, 9.17) is 11.6 Å². The Labute approximate surface area is 90.1 Å². The van der Waals surface area contributed by atoms with Gasteiger partial charge in [0, 0.05) is 30.8 Å². The summed E-state index contributed by atoms with van der Waals surface area (Å²) in [4.78, 5) is 4.12. The molecule has 3 heteroatoms. The van der Waals surface area contributed by atoms with Gasteiger partial charge in [-0.15, -0.1) is 0 Å². The SMILES string of the molecule is C[N+]1(Cc2cnccc2Cl)CCCC1. The molecule has 0 amide bonds. The molecule has 76 valence electrons. The molecule has 1 fully saturated rings. The van der Waals surface area contributed by atoms with Crippen LogP contribution in [0.3, 0.4) is 0 Å². The summed E-state index contributed by atoms with van der Waals surface area (Å²) in [5.74, 6) is 0. The average Bonchev–Trinajstić information content (AvgIpc) is 2.57. The lowest BCUT2D eigenvalue weighted by molar-refractivity contribution is -0.910. The molecule has 0 N–H and O–H groups in total. The molecule has 1 aromatic rings. The molecular weight excluding hydrogens is 196 g/mol. The molecule has 2 rings (SSSR count). The van der Waals surface area contributed by atoms with Gasteiger partial charge < -0.3 is 4.48 Å². The van der Waals surface area contributed by atoms with E-state index in [1.54, 1.807) is 6.20 Å². The average molecular weight is 212 g/mol. The van der Waals surface area contributed by atoms with Crippen molar-refractivity contribution in [3.05, 3.63) is 29.0 Å². The van der Waals surface area contributed by atoms with Crippen LogP contribution in [0.4, 0.5) is 0 Å². The second-order valence-corrected chi connectivity index (χ2v) is 4.81. The molecule has 0 radical (unpaired) electrons. The van der Waals surface area contributed by atoms with Crippen molar-refractivity contribution < 1.29 is 4.48 Å².